The third-order valence-corrected chi connectivity index (χ3v) is 5.25. The first kappa shape index (κ1) is 19.7. The maximum Gasteiger partial charge on any atom is 0.278 e. The van der Waals surface area contributed by atoms with E-state index in [0.717, 1.165) is 0 Å². The van der Waals surface area contributed by atoms with Gasteiger partial charge in [0.1, 0.15) is 12.4 Å². The van der Waals surface area contributed by atoms with Gasteiger partial charge in [0.25, 0.3) is 11.8 Å². The SMILES string of the molecule is Cc1cc(Cl)cc2c1N(C(=O)c1cc(Cl)nn1-c1ncccc1Cl)CN(C)C2=O. The van der Waals surface area contributed by atoms with Gasteiger partial charge in [-0.15, -0.1) is 0 Å². The minimum Gasteiger partial charge on any atom is -0.323 e. The van der Waals surface area contributed by atoms with E-state index in [4.69, 9.17) is 34.8 Å². The van der Waals surface area contributed by atoms with Crippen LogP contribution in [-0.4, -0.2) is 45.2 Å². The van der Waals surface area contributed by atoms with Crippen molar-refractivity contribution in [3.05, 3.63) is 68.5 Å². The molecular weight excluding hydrogens is 437 g/mol. The first-order chi connectivity index (χ1) is 13.8. The predicted molar refractivity (Wildman–Crippen MR) is 111 cm³/mol. The molecule has 0 fully saturated rings. The Morgan fingerprint density at radius 2 is 1.93 bits per heavy atom. The van der Waals surface area contributed by atoms with Crippen molar-refractivity contribution in [1.82, 2.24) is 19.7 Å². The second-order valence-corrected chi connectivity index (χ2v) is 7.80. The van der Waals surface area contributed by atoms with Gasteiger partial charge in [-0.05, 0) is 36.8 Å². The van der Waals surface area contributed by atoms with Crippen LogP contribution in [0.25, 0.3) is 5.82 Å². The molecule has 2 amide bonds. The molecule has 0 bridgehead atoms. The Bertz CT molecular complexity index is 1160. The topological polar surface area (TPSA) is 71.3 Å². The minimum absolute atomic E-state index is 0.0614. The number of halogens is 3. The van der Waals surface area contributed by atoms with Crippen molar-refractivity contribution in [3.8, 4) is 5.82 Å². The van der Waals surface area contributed by atoms with Crippen LogP contribution in [0.4, 0.5) is 5.69 Å². The third kappa shape index (κ3) is 3.35. The molecule has 0 aliphatic carbocycles. The monoisotopic (exact) mass is 449 g/mol. The van der Waals surface area contributed by atoms with Crippen molar-refractivity contribution in [2.75, 3.05) is 18.6 Å². The number of aromatic nitrogens is 3. The van der Waals surface area contributed by atoms with Gasteiger partial charge in [0.05, 0.1) is 16.3 Å². The van der Waals surface area contributed by atoms with Gasteiger partial charge in [0, 0.05) is 24.3 Å². The molecule has 29 heavy (non-hydrogen) atoms. The number of pyridine rings is 1. The average Bonchev–Trinajstić information content (AvgIpc) is 3.06. The van der Waals surface area contributed by atoms with Gasteiger partial charge in [-0.25, -0.2) is 9.67 Å². The lowest BCUT2D eigenvalue weighted by Gasteiger charge is -2.35. The molecular formula is C19H14Cl3N5O2. The summed E-state index contributed by atoms with van der Waals surface area (Å²) in [5.74, 6) is -0.343. The van der Waals surface area contributed by atoms with E-state index < -0.39 is 5.91 Å². The van der Waals surface area contributed by atoms with Crippen LogP contribution in [0.3, 0.4) is 0 Å². The molecule has 10 heteroatoms. The Morgan fingerprint density at radius 3 is 2.66 bits per heavy atom. The lowest BCUT2D eigenvalue weighted by Crippen LogP contribution is -2.48. The number of fused-ring (bicyclic) bond motifs is 1. The zero-order valence-corrected chi connectivity index (χ0v) is 17.6. The maximum absolute atomic E-state index is 13.5. The van der Waals surface area contributed by atoms with Crippen molar-refractivity contribution < 1.29 is 9.59 Å². The van der Waals surface area contributed by atoms with Gasteiger partial charge in [0.15, 0.2) is 11.0 Å². The highest BCUT2D eigenvalue weighted by Gasteiger charge is 2.34. The highest BCUT2D eigenvalue weighted by atomic mass is 35.5. The standard InChI is InChI=1S/C19H14Cl3N5O2/c1-10-6-11(20)7-12-16(10)26(9-25(2)18(12)28)19(29)14-8-15(22)24-27(14)17-13(21)4-3-5-23-17/h3-8H,9H2,1-2H3. The van der Waals surface area contributed by atoms with Crippen LogP contribution in [0.5, 0.6) is 0 Å². The molecule has 3 aromatic rings. The fourth-order valence-corrected chi connectivity index (χ4v) is 3.97. The quantitative estimate of drug-likeness (QED) is 0.586. The molecule has 2 aromatic heterocycles. The van der Waals surface area contributed by atoms with E-state index >= 15 is 0 Å². The lowest BCUT2D eigenvalue weighted by atomic mass is 10.0. The van der Waals surface area contributed by atoms with Crippen LogP contribution < -0.4 is 4.90 Å². The average molecular weight is 451 g/mol. The third-order valence-electron chi connectivity index (χ3n) is 4.55. The molecule has 0 radical (unpaired) electrons. The molecule has 7 nitrogen and oxygen atoms in total. The summed E-state index contributed by atoms with van der Waals surface area (Å²) in [5.41, 5.74) is 1.72. The molecule has 148 valence electrons. The molecule has 0 N–H and O–H groups in total. The van der Waals surface area contributed by atoms with E-state index in [-0.39, 0.29) is 29.2 Å². The van der Waals surface area contributed by atoms with Crippen LogP contribution in [0.15, 0.2) is 36.5 Å². The Morgan fingerprint density at radius 1 is 1.17 bits per heavy atom. The van der Waals surface area contributed by atoms with Gasteiger partial charge in [0.2, 0.25) is 0 Å². The number of amides is 2. The molecule has 1 aliphatic rings. The summed E-state index contributed by atoms with van der Waals surface area (Å²) in [6.07, 6.45) is 1.54. The van der Waals surface area contributed by atoms with E-state index in [2.05, 4.69) is 10.1 Å². The fraction of sp³-hybridized carbons (Fsp3) is 0.158. The smallest absolute Gasteiger partial charge is 0.278 e. The molecule has 0 saturated carbocycles. The van der Waals surface area contributed by atoms with Gasteiger partial charge in [-0.1, -0.05) is 34.8 Å². The van der Waals surface area contributed by atoms with Gasteiger partial charge >= 0.3 is 0 Å². The molecule has 1 aliphatic heterocycles. The summed E-state index contributed by atoms with van der Waals surface area (Å²) < 4.78 is 1.30. The summed E-state index contributed by atoms with van der Waals surface area (Å²) in [5, 5.41) is 5.02. The van der Waals surface area contributed by atoms with E-state index in [1.54, 1.807) is 44.4 Å². The van der Waals surface area contributed by atoms with Crippen molar-refractivity contribution >= 4 is 52.3 Å². The summed E-state index contributed by atoms with van der Waals surface area (Å²) in [6, 6.07) is 8.02. The van der Waals surface area contributed by atoms with Gasteiger partial charge in [-0.3, -0.25) is 14.5 Å². The van der Waals surface area contributed by atoms with Crippen molar-refractivity contribution in [2.45, 2.75) is 6.92 Å². The van der Waals surface area contributed by atoms with E-state index in [1.807, 2.05) is 0 Å². The molecule has 0 saturated heterocycles. The van der Waals surface area contributed by atoms with Crippen molar-refractivity contribution in [3.63, 3.8) is 0 Å². The highest BCUT2D eigenvalue weighted by Crippen LogP contribution is 2.34. The Labute approximate surface area is 181 Å². The molecule has 4 rings (SSSR count). The van der Waals surface area contributed by atoms with Crippen LogP contribution in [-0.2, 0) is 0 Å². The molecule has 0 atom stereocenters. The molecule has 0 unspecified atom stereocenters. The highest BCUT2D eigenvalue weighted by molar-refractivity contribution is 6.32. The number of hydrogen-bond acceptors (Lipinski definition) is 4. The first-order valence-corrected chi connectivity index (χ1v) is 9.65. The largest absolute Gasteiger partial charge is 0.323 e. The second kappa shape index (κ2) is 7.33. The zero-order valence-electron chi connectivity index (χ0n) is 15.4. The fourth-order valence-electron chi connectivity index (χ4n) is 3.31. The summed E-state index contributed by atoms with van der Waals surface area (Å²) in [4.78, 5) is 33.3. The number of hydrogen-bond donors (Lipinski definition) is 0. The summed E-state index contributed by atoms with van der Waals surface area (Å²) >= 11 is 18.5. The van der Waals surface area contributed by atoms with Gasteiger partial charge < -0.3 is 4.90 Å². The predicted octanol–water partition coefficient (Wildman–Crippen LogP) is 4.23. The zero-order chi connectivity index (χ0) is 20.9. The number of nitrogens with zero attached hydrogens (tertiary/aromatic N) is 5. The van der Waals surface area contributed by atoms with Crippen molar-refractivity contribution in [1.29, 1.82) is 0 Å². The van der Waals surface area contributed by atoms with Gasteiger partial charge in [-0.2, -0.15) is 5.10 Å². The number of anilines is 1. The number of carbonyl (C=O) groups excluding carboxylic acids is 2. The number of benzene rings is 1. The van der Waals surface area contributed by atoms with Crippen LogP contribution in [0, 0.1) is 6.92 Å². The lowest BCUT2D eigenvalue weighted by molar-refractivity contribution is 0.0768. The Balaban J connectivity index is 1.87. The van der Waals surface area contributed by atoms with E-state index in [0.29, 0.717) is 26.9 Å². The number of carbonyl (C=O) groups is 2. The minimum atomic E-state index is -0.405. The Hall–Kier alpha value is -2.61. The normalized spacial score (nSPS) is 13.6. The Kier molecular flexibility index (Phi) is 4.98. The molecule has 3 heterocycles. The molecule has 1 aromatic carbocycles. The molecule has 0 spiro atoms. The number of aryl methyl sites for hydroxylation is 1. The van der Waals surface area contributed by atoms with Crippen LogP contribution in [0.2, 0.25) is 15.2 Å². The van der Waals surface area contributed by atoms with E-state index in [9.17, 15) is 9.59 Å². The van der Waals surface area contributed by atoms with Crippen LogP contribution >= 0.6 is 34.8 Å². The van der Waals surface area contributed by atoms with Crippen molar-refractivity contribution in [2.24, 2.45) is 0 Å². The summed E-state index contributed by atoms with van der Waals surface area (Å²) in [7, 11) is 1.61. The van der Waals surface area contributed by atoms with E-state index in [1.165, 1.54) is 20.5 Å². The summed E-state index contributed by atoms with van der Waals surface area (Å²) in [6.45, 7) is 1.86. The number of rotatable bonds is 2. The maximum atomic E-state index is 13.5. The first-order valence-electron chi connectivity index (χ1n) is 8.52. The second-order valence-electron chi connectivity index (χ2n) is 6.57. The van der Waals surface area contributed by atoms with Crippen LogP contribution in [0.1, 0.15) is 26.4 Å².